The van der Waals surface area contributed by atoms with Gasteiger partial charge in [0, 0.05) is 22.7 Å². The number of carbonyl (C=O) groups is 2. The van der Waals surface area contributed by atoms with E-state index in [1.165, 1.54) is 29.8 Å². The van der Waals surface area contributed by atoms with E-state index in [0.29, 0.717) is 22.0 Å². The SMILES string of the molecule is C.C[C@@H](C(N)=O)n1ccc2c(NC(=O)Cc3ccc(Cl)c(F)c3)cccc2c1=O. The van der Waals surface area contributed by atoms with E-state index in [-0.39, 0.29) is 30.3 Å². The molecular formula is C21H21ClFN3O3. The van der Waals surface area contributed by atoms with Gasteiger partial charge >= 0.3 is 0 Å². The summed E-state index contributed by atoms with van der Waals surface area (Å²) < 4.78 is 14.8. The average Bonchev–Trinajstić information content (AvgIpc) is 2.65. The summed E-state index contributed by atoms with van der Waals surface area (Å²) in [6, 6.07) is 9.88. The van der Waals surface area contributed by atoms with Crippen LogP contribution >= 0.6 is 11.6 Å². The first kappa shape index (κ1) is 22.1. The van der Waals surface area contributed by atoms with Gasteiger partial charge in [0.15, 0.2) is 0 Å². The van der Waals surface area contributed by atoms with Gasteiger partial charge < -0.3 is 15.6 Å². The van der Waals surface area contributed by atoms with Crippen molar-refractivity contribution in [3.63, 3.8) is 0 Å². The Morgan fingerprint density at radius 1 is 1.21 bits per heavy atom. The Morgan fingerprint density at radius 2 is 1.93 bits per heavy atom. The number of carbonyl (C=O) groups excluding carboxylic acids is 2. The number of halogens is 2. The molecule has 3 rings (SSSR count). The van der Waals surface area contributed by atoms with Crippen LogP contribution in [0.2, 0.25) is 5.02 Å². The van der Waals surface area contributed by atoms with Gasteiger partial charge in [-0.15, -0.1) is 0 Å². The lowest BCUT2D eigenvalue weighted by atomic mass is 10.1. The van der Waals surface area contributed by atoms with Gasteiger partial charge in [-0.3, -0.25) is 14.4 Å². The number of anilines is 1. The summed E-state index contributed by atoms with van der Waals surface area (Å²) in [5, 5.41) is 3.58. The molecule has 0 aliphatic rings. The van der Waals surface area contributed by atoms with Crippen LogP contribution in [0.3, 0.4) is 0 Å². The van der Waals surface area contributed by atoms with Crippen molar-refractivity contribution in [2.45, 2.75) is 26.8 Å². The number of benzene rings is 2. The second-order valence-electron chi connectivity index (χ2n) is 6.35. The lowest BCUT2D eigenvalue weighted by Crippen LogP contribution is -2.31. The number of rotatable bonds is 5. The van der Waals surface area contributed by atoms with Crippen LogP contribution in [0.15, 0.2) is 53.5 Å². The van der Waals surface area contributed by atoms with Crippen molar-refractivity contribution in [3.05, 3.63) is 75.4 Å². The number of hydrogen-bond acceptors (Lipinski definition) is 3. The van der Waals surface area contributed by atoms with Crippen molar-refractivity contribution in [3.8, 4) is 0 Å². The highest BCUT2D eigenvalue weighted by Crippen LogP contribution is 2.22. The number of aromatic nitrogens is 1. The smallest absolute Gasteiger partial charge is 0.259 e. The van der Waals surface area contributed by atoms with Crippen LogP contribution in [0.4, 0.5) is 10.1 Å². The molecule has 0 saturated carbocycles. The fourth-order valence-electron chi connectivity index (χ4n) is 2.87. The van der Waals surface area contributed by atoms with Crippen molar-refractivity contribution in [2.24, 2.45) is 5.73 Å². The number of hydrogen-bond donors (Lipinski definition) is 2. The molecule has 2 aromatic carbocycles. The van der Waals surface area contributed by atoms with Gasteiger partial charge in [-0.2, -0.15) is 0 Å². The van der Waals surface area contributed by atoms with Crippen LogP contribution in [-0.2, 0) is 16.0 Å². The first-order valence-corrected chi connectivity index (χ1v) is 8.82. The summed E-state index contributed by atoms with van der Waals surface area (Å²) >= 11 is 5.65. The van der Waals surface area contributed by atoms with Crippen molar-refractivity contribution in [1.29, 1.82) is 0 Å². The molecule has 1 aromatic heterocycles. The van der Waals surface area contributed by atoms with Crippen molar-refractivity contribution in [1.82, 2.24) is 4.57 Å². The quantitative estimate of drug-likeness (QED) is 0.663. The zero-order valence-corrected chi connectivity index (χ0v) is 15.7. The van der Waals surface area contributed by atoms with Crippen LogP contribution < -0.4 is 16.6 Å². The topological polar surface area (TPSA) is 94.2 Å². The minimum absolute atomic E-state index is 0. The third-order valence-electron chi connectivity index (χ3n) is 4.42. The summed E-state index contributed by atoms with van der Waals surface area (Å²) in [7, 11) is 0. The first-order chi connectivity index (χ1) is 13.3. The third-order valence-corrected chi connectivity index (χ3v) is 4.73. The second-order valence-corrected chi connectivity index (χ2v) is 6.75. The largest absolute Gasteiger partial charge is 0.368 e. The molecule has 1 heterocycles. The molecule has 1 atom stereocenters. The van der Waals surface area contributed by atoms with Crippen molar-refractivity contribution >= 4 is 39.9 Å². The number of nitrogens with one attached hydrogen (secondary N) is 1. The summed E-state index contributed by atoms with van der Waals surface area (Å²) in [6.07, 6.45) is 1.41. The maximum atomic E-state index is 13.5. The number of amides is 2. The lowest BCUT2D eigenvalue weighted by molar-refractivity contribution is -0.120. The summed E-state index contributed by atoms with van der Waals surface area (Å²) in [5.41, 5.74) is 5.80. The van der Waals surface area contributed by atoms with E-state index in [0.717, 1.165) is 0 Å². The van der Waals surface area contributed by atoms with E-state index < -0.39 is 17.8 Å². The molecule has 0 fully saturated rings. The highest BCUT2D eigenvalue weighted by Gasteiger charge is 2.15. The molecule has 0 bridgehead atoms. The van der Waals surface area contributed by atoms with E-state index in [4.69, 9.17) is 17.3 Å². The van der Waals surface area contributed by atoms with Crippen LogP contribution in [-0.4, -0.2) is 16.4 Å². The molecule has 0 radical (unpaired) electrons. The van der Waals surface area contributed by atoms with Crippen LogP contribution in [0.5, 0.6) is 0 Å². The molecule has 3 N–H and O–H groups in total. The molecule has 3 aromatic rings. The number of nitrogens with zero attached hydrogens (tertiary/aromatic N) is 1. The summed E-state index contributed by atoms with van der Waals surface area (Å²) in [5.74, 6) is -1.59. The maximum Gasteiger partial charge on any atom is 0.259 e. The summed E-state index contributed by atoms with van der Waals surface area (Å²) in [6.45, 7) is 1.53. The van der Waals surface area contributed by atoms with Gasteiger partial charge in [-0.05, 0) is 42.8 Å². The predicted molar refractivity (Wildman–Crippen MR) is 113 cm³/mol. The summed E-state index contributed by atoms with van der Waals surface area (Å²) in [4.78, 5) is 36.4. The lowest BCUT2D eigenvalue weighted by Gasteiger charge is -2.14. The molecule has 2 amide bonds. The fraction of sp³-hybridized carbons (Fsp3) is 0.190. The van der Waals surface area contributed by atoms with Crippen molar-refractivity contribution in [2.75, 3.05) is 5.32 Å². The first-order valence-electron chi connectivity index (χ1n) is 8.45. The highest BCUT2D eigenvalue weighted by molar-refractivity contribution is 6.30. The normalized spacial score (nSPS) is 11.6. The van der Waals surface area contributed by atoms with E-state index in [1.807, 2.05) is 0 Å². The zero-order valence-electron chi connectivity index (χ0n) is 14.9. The van der Waals surface area contributed by atoms with Gasteiger partial charge in [0.1, 0.15) is 11.9 Å². The Balaban J connectivity index is 0.00000300. The highest BCUT2D eigenvalue weighted by atomic mass is 35.5. The van der Waals surface area contributed by atoms with E-state index in [1.54, 1.807) is 30.3 Å². The van der Waals surface area contributed by atoms with E-state index in [9.17, 15) is 18.8 Å². The zero-order chi connectivity index (χ0) is 20.4. The van der Waals surface area contributed by atoms with Gasteiger partial charge in [-0.25, -0.2) is 4.39 Å². The number of primary amides is 1. The predicted octanol–water partition coefficient (Wildman–Crippen LogP) is 3.66. The Labute approximate surface area is 172 Å². The minimum Gasteiger partial charge on any atom is -0.368 e. The fourth-order valence-corrected chi connectivity index (χ4v) is 2.99. The van der Waals surface area contributed by atoms with Gasteiger partial charge in [0.25, 0.3) is 5.56 Å². The van der Waals surface area contributed by atoms with Crippen LogP contribution in [0.1, 0.15) is 26.0 Å². The van der Waals surface area contributed by atoms with E-state index >= 15 is 0 Å². The molecule has 0 aliphatic carbocycles. The van der Waals surface area contributed by atoms with Gasteiger partial charge in [-0.1, -0.05) is 31.2 Å². The Bertz CT molecular complexity index is 1140. The minimum atomic E-state index is -0.796. The molecule has 0 aliphatic heterocycles. The Hall–Kier alpha value is -3.19. The molecule has 6 nitrogen and oxygen atoms in total. The second kappa shape index (κ2) is 8.87. The van der Waals surface area contributed by atoms with Crippen LogP contribution in [0, 0.1) is 5.82 Å². The Kier molecular flexibility index (Phi) is 6.76. The Morgan fingerprint density at radius 3 is 2.59 bits per heavy atom. The molecule has 8 heteroatoms. The molecule has 0 saturated heterocycles. The number of fused-ring (bicyclic) bond motifs is 1. The monoisotopic (exact) mass is 417 g/mol. The average molecular weight is 418 g/mol. The van der Waals surface area contributed by atoms with E-state index in [2.05, 4.69) is 5.32 Å². The molecular weight excluding hydrogens is 397 g/mol. The number of nitrogens with two attached hydrogens (primary N) is 1. The number of pyridine rings is 1. The molecule has 29 heavy (non-hydrogen) atoms. The van der Waals surface area contributed by atoms with Gasteiger partial charge in [0.2, 0.25) is 11.8 Å². The van der Waals surface area contributed by atoms with Gasteiger partial charge in [0.05, 0.1) is 11.4 Å². The molecule has 152 valence electrons. The van der Waals surface area contributed by atoms with Crippen LogP contribution in [0.25, 0.3) is 10.8 Å². The standard InChI is InChI=1S/C20H17ClFN3O3.CH4/c1-11(19(23)27)25-8-7-13-14(20(25)28)3-2-4-17(13)24-18(26)10-12-5-6-15(21)16(22)9-12;/h2-9,11H,10H2,1H3,(H2,23,27)(H,24,26);1H4/t11-;/m0./s1. The molecule has 0 spiro atoms. The molecule has 0 unspecified atom stereocenters. The maximum absolute atomic E-state index is 13.5. The third kappa shape index (κ3) is 4.63. The van der Waals surface area contributed by atoms with Crippen molar-refractivity contribution < 1.29 is 14.0 Å².